The van der Waals surface area contributed by atoms with E-state index in [2.05, 4.69) is 29.3 Å². The summed E-state index contributed by atoms with van der Waals surface area (Å²) in [5.74, 6) is 0. The van der Waals surface area contributed by atoms with Crippen molar-refractivity contribution in [2.24, 2.45) is 0 Å². The lowest BCUT2D eigenvalue weighted by atomic mass is 9.91. The number of benzene rings is 1. The molecule has 1 aromatic heterocycles. The molecule has 2 N–H and O–H groups in total. The van der Waals surface area contributed by atoms with Crippen LogP contribution in [0.4, 0.5) is 0 Å². The molecule has 0 radical (unpaired) electrons. The smallest absolute Gasteiger partial charge is 0.0958 e. The van der Waals surface area contributed by atoms with Crippen molar-refractivity contribution >= 4 is 0 Å². The fourth-order valence-corrected chi connectivity index (χ4v) is 2.55. The van der Waals surface area contributed by atoms with Gasteiger partial charge in [-0.1, -0.05) is 24.3 Å². The van der Waals surface area contributed by atoms with E-state index in [0.29, 0.717) is 6.42 Å². The number of fused-ring (bicyclic) bond motifs is 1. The van der Waals surface area contributed by atoms with Crippen LogP contribution in [-0.2, 0) is 12.8 Å². The average molecular weight is 228 g/mol. The summed E-state index contributed by atoms with van der Waals surface area (Å²) >= 11 is 0. The minimum atomic E-state index is -0.215. The van der Waals surface area contributed by atoms with Crippen LogP contribution in [-0.4, -0.2) is 21.4 Å². The number of aromatic nitrogens is 2. The topological polar surface area (TPSA) is 48.9 Å². The standard InChI is InChI=1S/C14H16N2O/c1-9-4-2-3-5-11(9)14-12-7-6-10(17)8-13(12)15-16-14/h2-5,10,17H,6-8H2,1H3,(H,15,16). The van der Waals surface area contributed by atoms with Crippen LogP contribution in [0.1, 0.15) is 23.2 Å². The van der Waals surface area contributed by atoms with Crippen molar-refractivity contribution in [1.82, 2.24) is 10.2 Å². The van der Waals surface area contributed by atoms with Crippen molar-refractivity contribution in [2.75, 3.05) is 0 Å². The van der Waals surface area contributed by atoms with Gasteiger partial charge in [-0.15, -0.1) is 0 Å². The molecule has 0 saturated heterocycles. The van der Waals surface area contributed by atoms with Crippen LogP contribution in [0.5, 0.6) is 0 Å². The van der Waals surface area contributed by atoms with Crippen LogP contribution in [0, 0.1) is 6.92 Å². The van der Waals surface area contributed by atoms with Gasteiger partial charge in [-0.05, 0) is 25.3 Å². The summed E-state index contributed by atoms with van der Waals surface area (Å²) in [6.45, 7) is 2.11. The highest BCUT2D eigenvalue weighted by atomic mass is 16.3. The normalized spacial score (nSPS) is 19.1. The van der Waals surface area contributed by atoms with E-state index in [-0.39, 0.29) is 6.10 Å². The monoisotopic (exact) mass is 228 g/mol. The van der Waals surface area contributed by atoms with Crippen LogP contribution in [0.2, 0.25) is 0 Å². The molecular formula is C14H16N2O. The molecule has 0 bridgehead atoms. The number of H-pyrrole nitrogens is 1. The first-order valence-electron chi connectivity index (χ1n) is 6.06. The van der Waals surface area contributed by atoms with Gasteiger partial charge in [0.05, 0.1) is 11.8 Å². The highest BCUT2D eigenvalue weighted by Crippen LogP contribution is 2.31. The fourth-order valence-electron chi connectivity index (χ4n) is 2.55. The molecule has 1 atom stereocenters. The van der Waals surface area contributed by atoms with Gasteiger partial charge in [-0.3, -0.25) is 5.10 Å². The average Bonchev–Trinajstić information content (AvgIpc) is 2.72. The van der Waals surface area contributed by atoms with Crippen molar-refractivity contribution in [3.63, 3.8) is 0 Å². The predicted molar refractivity (Wildman–Crippen MR) is 66.8 cm³/mol. The number of aliphatic hydroxyl groups is 1. The summed E-state index contributed by atoms with van der Waals surface area (Å²) in [6, 6.07) is 8.30. The van der Waals surface area contributed by atoms with Gasteiger partial charge in [-0.25, -0.2) is 0 Å². The van der Waals surface area contributed by atoms with E-state index >= 15 is 0 Å². The lowest BCUT2D eigenvalue weighted by Crippen LogP contribution is -2.18. The van der Waals surface area contributed by atoms with Crippen LogP contribution in [0.25, 0.3) is 11.3 Å². The molecule has 1 aliphatic rings. The van der Waals surface area contributed by atoms with Gasteiger partial charge in [0.2, 0.25) is 0 Å². The SMILES string of the molecule is Cc1ccccc1-c1n[nH]c2c1CCC(O)C2. The lowest BCUT2D eigenvalue weighted by molar-refractivity contribution is 0.157. The molecule has 0 amide bonds. The molecule has 3 heteroatoms. The molecular weight excluding hydrogens is 212 g/mol. The molecule has 1 heterocycles. The molecule has 17 heavy (non-hydrogen) atoms. The predicted octanol–water partition coefficient (Wildman–Crippen LogP) is 2.23. The zero-order valence-electron chi connectivity index (χ0n) is 9.90. The Labute approximate surface area is 100 Å². The Morgan fingerprint density at radius 2 is 2.18 bits per heavy atom. The minimum absolute atomic E-state index is 0.215. The first-order valence-corrected chi connectivity index (χ1v) is 6.06. The highest BCUT2D eigenvalue weighted by molar-refractivity contribution is 5.67. The Balaban J connectivity index is 2.09. The molecule has 88 valence electrons. The largest absolute Gasteiger partial charge is 0.393 e. The number of nitrogens with one attached hydrogen (secondary N) is 1. The summed E-state index contributed by atoms with van der Waals surface area (Å²) in [5.41, 5.74) is 5.88. The summed E-state index contributed by atoms with van der Waals surface area (Å²) in [7, 11) is 0. The second-order valence-corrected chi connectivity index (χ2v) is 4.74. The maximum Gasteiger partial charge on any atom is 0.0958 e. The Bertz CT molecular complexity index is 545. The van der Waals surface area contributed by atoms with Gasteiger partial charge in [0.25, 0.3) is 0 Å². The molecule has 0 aliphatic heterocycles. The number of nitrogens with zero attached hydrogens (tertiary/aromatic N) is 1. The van der Waals surface area contributed by atoms with E-state index in [9.17, 15) is 5.11 Å². The van der Waals surface area contributed by atoms with Crippen LogP contribution >= 0.6 is 0 Å². The molecule has 0 spiro atoms. The summed E-state index contributed by atoms with van der Waals surface area (Å²) in [6.07, 6.45) is 2.24. The first kappa shape index (κ1) is 10.5. The van der Waals surface area contributed by atoms with Crippen molar-refractivity contribution < 1.29 is 5.11 Å². The molecule has 3 rings (SSSR count). The second-order valence-electron chi connectivity index (χ2n) is 4.74. The highest BCUT2D eigenvalue weighted by Gasteiger charge is 2.22. The van der Waals surface area contributed by atoms with Crippen LogP contribution < -0.4 is 0 Å². The van der Waals surface area contributed by atoms with E-state index < -0.39 is 0 Å². The Morgan fingerprint density at radius 1 is 1.35 bits per heavy atom. The van der Waals surface area contributed by atoms with Gasteiger partial charge in [-0.2, -0.15) is 5.10 Å². The van der Waals surface area contributed by atoms with E-state index in [0.717, 1.165) is 24.2 Å². The molecule has 3 nitrogen and oxygen atoms in total. The van der Waals surface area contributed by atoms with Crippen molar-refractivity contribution in [3.8, 4) is 11.3 Å². The van der Waals surface area contributed by atoms with Crippen LogP contribution in [0.3, 0.4) is 0 Å². The van der Waals surface area contributed by atoms with Crippen LogP contribution in [0.15, 0.2) is 24.3 Å². The van der Waals surface area contributed by atoms with Gasteiger partial charge >= 0.3 is 0 Å². The van der Waals surface area contributed by atoms with Gasteiger partial charge < -0.3 is 5.11 Å². The quantitative estimate of drug-likeness (QED) is 0.786. The molecule has 1 aromatic carbocycles. The third kappa shape index (κ3) is 1.76. The summed E-state index contributed by atoms with van der Waals surface area (Å²) in [5, 5.41) is 17.1. The number of aromatic amines is 1. The number of aliphatic hydroxyl groups excluding tert-OH is 1. The third-order valence-electron chi connectivity index (χ3n) is 3.52. The Morgan fingerprint density at radius 3 is 3.00 bits per heavy atom. The van der Waals surface area contributed by atoms with E-state index in [1.54, 1.807) is 0 Å². The molecule has 1 unspecified atom stereocenters. The van der Waals surface area contributed by atoms with Crippen molar-refractivity contribution in [3.05, 3.63) is 41.1 Å². The van der Waals surface area contributed by atoms with Gasteiger partial charge in [0, 0.05) is 23.2 Å². The van der Waals surface area contributed by atoms with E-state index in [4.69, 9.17) is 0 Å². The summed E-state index contributed by atoms with van der Waals surface area (Å²) in [4.78, 5) is 0. The Kier molecular flexibility index (Phi) is 2.48. The zero-order valence-corrected chi connectivity index (χ0v) is 9.90. The minimum Gasteiger partial charge on any atom is -0.393 e. The lowest BCUT2D eigenvalue weighted by Gasteiger charge is -2.17. The van der Waals surface area contributed by atoms with Gasteiger partial charge in [0.1, 0.15) is 0 Å². The van der Waals surface area contributed by atoms with E-state index in [1.807, 2.05) is 12.1 Å². The molecule has 0 saturated carbocycles. The molecule has 2 aromatic rings. The molecule has 1 aliphatic carbocycles. The van der Waals surface area contributed by atoms with Gasteiger partial charge in [0.15, 0.2) is 0 Å². The number of hydrogen-bond donors (Lipinski definition) is 2. The zero-order chi connectivity index (χ0) is 11.8. The molecule has 0 fully saturated rings. The van der Waals surface area contributed by atoms with E-state index in [1.165, 1.54) is 16.7 Å². The number of hydrogen-bond acceptors (Lipinski definition) is 2. The first-order chi connectivity index (χ1) is 8.25. The maximum absolute atomic E-state index is 9.64. The number of rotatable bonds is 1. The van der Waals surface area contributed by atoms with Crippen molar-refractivity contribution in [1.29, 1.82) is 0 Å². The van der Waals surface area contributed by atoms with Crippen molar-refractivity contribution in [2.45, 2.75) is 32.3 Å². The maximum atomic E-state index is 9.64. The second kappa shape index (κ2) is 4.00. The fraction of sp³-hybridized carbons (Fsp3) is 0.357. The Hall–Kier alpha value is -1.61. The summed E-state index contributed by atoms with van der Waals surface area (Å²) < 4.78 is 0. The third-order valence-corrected chi connectivity index (χ3v) is 3.52. The number of aryl methyl sites for hydroxylation is 1.